The number of nitrogens with zero attached hydrogens (tertiary/aromatic N) is 1. The smallest absolute Gasteiger partial charge is 0.226 e. The lowest BCUT2D eigenvalue weighted by Gasteiger charge is -2.32. The number of para-hydroxylation sites is 1. The van der Waals surface area contributed by atoms with Gasteiger partial charge in [-0.15, -0.1) is 12.4 Å². The molecule has 0 radical (unpaired) electrons. The maximum Gasteiger partial charge on any atom is 0.226 e. The van der Waals surface area contributed by atoms with E-state index in [1.165, 1.54) is 0 Å². The summed E-state index contributed by atoms with van der Waals surface area (Å²) in [6, 6.07) is 7.72. The first-order valence-corrected chi connectivity index (χ1v) is 7.41. The fraction of sp³-hybridized carbons (Fsp3) is 0.533. The van der Waals surface area contributed by atoms with Gasteiger partial charge in [-0.25, -0.2) is 0 Å². The van der Waals surface area contributed by atoms with E-state index in [9.17, 15) is 4.79 Å². The number of likely N-dealkylation sites (N-methyl/N-ethyl adjacent to an activating group) is 1. The lowest BCUT2D eigenvalue weighted by atomic mass is 10.1. The number of hydrogen-bond acceptors (Lipinski definition) is 3. The molecule has 0 spiro atoms. The van der Waals surface area contributed by atoms with E-state index in [1.807, 2.05) is 30.1 Å². The van der Waals surface area contributed by atoms with Crippen molar-refractivity contribution in [3.05, 3.63) is 29.3 Å². The molecule has 0 saturated carbocycles. The molecule has 1 aliphatic rings. The highest BCUT2D eigenvalue weighted by atomic mass is 35.5. The quantitative estimate of drug-likeness (QED) is 0.901. The number of carbonyl (C=O) groups is 1. The number of piperidine rings is 1. The van der Waals surface area contributed by atoms with Gasteiger partial charge in [-0.2, -0.15) is 0 Å². The van der Waals surface area contributed by atoms with Crippen LogP contribution in [0.4, 0.5) is 0 Å². The SMILES string of the molecule is CNC1CCCN(C(=O)CCOc2ccccc2Cl)C1.Cl. The van der Waals surface area contributed by atoms with Crippen LogP contribution in [0.1, 0.15) is 19.3 Å². The first-order chi connectivity index (χ1) is 9.70. The molecule has 1 atom stereocenters. The molecule has 21 heavy (non-hydrogen) atoms. The Morgan fingerprint density at radius 3 is 2.95 bits per heavy atom. The zero-order valence-corrected chi connectivity index (χ0v) is 13.8. The van der Waals surface area contributed by atoms with Crippen molar-refractivity contribution < 1.29 is 9.53 Å². The summed E-state index contributed by atoms with van der Waals surface area (Å²) in [5.41, 5.74) is 0. The molecule has 0 aromatic heterocycles. The van der Waals surface area contributed by atoms with Crippen LogP contribution >= 0.6 is 24.0 Å². The third-order valence-corrected chi connectivity index (χ3v) is 3.90. The van der Waals surface area contributed by atoms with Crippen LogP contribution in [-0.2, 0) is 4.79 Å². The van der Waals surface area contributed by atoms with E-state index in [0.717, 1.165) is 25.9 Å². The summed E-state index contributed by atoms with van der Waals surface area (Å²) in [5, 5.41) is 3.81. The summed E-state index contributed by atoms with van der Waals surface area (Å²) in [7, 11) is 1.94. The van der Waals surface area contributed by atoms with Gasteiger partial charge in [0.05, 0.1) is 18.1 Å². The van der Waals surface area contributed by atoms with Crippen LogP contribution in [-0.4, -0.2) is 43.6 Å². The van der Waals surface area contributed by atoms with Crippen LogP contribution in [0.3, 0.4) is 0 Å². The molecule has 1 aromatic rings. The van der Waals surface area contributed by atoms with Crippen molar-refractivity contribution in [2.24, 2.45) is 0 Å². The van der Waals surface area contributed by atoms with E-state index in [1.54, 1.807) is 6.07 Å². The second kappa shape index (κ2) is 9.13. The molecule has 1 N–H and O–H groups in total. The van der Waals surface area contributed by atoms with Crippen molar-refractivity contribution in [3.63, 3.8) is 0 Å². The molecule has 1 fully saturated rings. The molecule has 6 heteroatoms. The van der Waals surface area contributed by atoms with Crippen molar-refractivity contribution in [2.75, 3.05) is 26.7 Å². The number of amides is 1. The zero-order valence-electron chi connectivity index (χ0n) is 12.2. The Kier molecular flexibility index (Phi) is 7.86. The van der Waals surface area contributed by atoms with Gasteiger partial charge in [-0.3, -0.25) is 4.79 Å². The van der Waals surface area contributed by atoms with Crippen molar-refractivity contribution in [1.82, 2.24) is 10.2 Å². The Hall–Kier alpha value is -0.970. The minimum Gasteiger partial charge on any atom is -0.491 e. The van der Waals surface area contributed by atoms with Crippen molar-refractivity contribution in [1.29, 1.82) is 0 Å². The van der Waals surface area contributed by atoms with Gasteiger partial charge in [-0.05, 0) is 32.0 Å². The van der Waals surface area contributed by atoms with E-state index in [-0.39, 0.29) is 18.3 Å². The van der Waals surface area contributed by atoms with Gasteiger partial charge in [0.25, 0.3) is 0 Å². The predicted molar refractivity (Wildman–Crippen MR) is 87.5 cm³/mol. The van der Waals surface area contributed by atoms with E-state index < -0.39 is 0 Å². The van der Waals surface area contributed by atoms with Gasteiger partial charge < -0.3 is 15.0 Å². The highest BCUT2D eigenvalue weighted by Crippen LogP contribution is 2.23. The molecule has 1 unspecified atom stereocenters. The Balaban J connectivity index is 0.00000220. The standard InChI is InChI=1S/C15H21ClN2O2.ClH/c1-17-12-5-4-9-18(11-12)15(19)8-10-20-14-7-3-2-6-13(14)16;/h2-3,6-7,12,17H,4-5,8-11H2,1H3;1H. The van der Waals surface area contributed by atoms with E-state index in [4.69, 9.17) is 16.3 Å². The third-order valence-electron chi connectivity index (χ3n) is 3.59. The summed E-state index contributed by atoms with van der Waals surface area (Å²) < 4.78 is 5.56. The molecule has 1 aliphatic heterocycles. The number of nitrogens with one attached hydrogen (secondary N) is 1. The molecule has 118 valence electrons. The summed E-state index contributed by atoms with van der Waals surface area (Å²) in [6.07, 6.45) is 2.58. The minimum atomic E-state index is 0. The Morgan fingerprint density at radius 2 is 2.24 bits per heavy atom. The fourth-order valence-corrected chi connectivity index (χ4v) is 2.60. The number of hydrogen-bond donors (Lipinski definition) is 1. The zero-order chi connectivity index (χ0) is 14.4. The monoisotopic (exact) mass is 332 g/mol. The van der Waals surface area contributed by atoms with Gasteiger partial charge in [0, 0.05) is 19.1 Å². The summed E-state index contributed by atoms with van der Waals surface area (Å²) >= 11 is 6.00. The fourth-order valence-electron chi connectivity index (χ4n) is 2.41. The van der Waals surface area contributed by atoms with Gasteiger partial charge in [0.1, 0.15) is 5.75 Å². The highest BCUT2D eigenvalue weighted by molar-refractivity contribution is 6.32. The lowest BCUT2D eigenvalue weighted by Crippen LogP contribution is -2.47. The minimum absolute atomic E-state index is 0. The largest absolute Gasteiger partial charge is 0.491 e. The van der Waals surface area contributed by atoms with Gasteiger partial charge >= 0.3 is 0 Å². The molecular weight excluding hydrogens is 311 g/mol. The van der Waals surface area contributed by atoms with Crippen LogP contribution in [0.5, 0.6) is 5.75 Å². The molecule has 1 aromatic carbocycles. The maximum absolute atomic E-state index is 12.1. The number of halogens is 2. The second-order valence-corrected chi connectivity index (χ2v) is 5.40. The number of ether oxygens (including phenoxy) is 1. The third kappa shape index (κ3) is 5.38. The molecular formula is C15H22Cl2N2O2. The van der Waals surface area contributed by atoms with E-state index in [2.05, 4.69) is 5.32 Å². The first-order valence-electron chi connectivity index (χ1n) is 7.03. The summed E-state index contributed by atoms with van der Waals surface area (Å²) in [5.74, 6) is 0.783. The van der Waals surface area contributed by atoms with Crippen molar-refractivity contribution >= 4 is 29.9 Å². The van der Waals surface area contributed by atoms with Crippen LogP contribution < -0.4 is 10.1 Å². The maximum atomic E-state index is 12.1. The van der Waals surface area contributed by atoms with Crippen molar-refractivity contribution in [2.45, 2.75) is 25.3 Å². The first kappa shape index (κ1) is 18.1. The lowest BCUT2D eigenvalue weighted by molar-refractivity contribution is -0.133. The molecule has 1 heterocycles. The van der Waals surface area contributed by atoms with Crippen LogP contribution in [0.2, 0.25) is 5.02 Å². The number of carbonyl (C=O) groups excluding carboxylic acids is 1. The molecule has 1 saturated heterocycles. The number of rotatable bonds is 5. The average molecular weight is 333 g/mol. The Bertz CT molecular complexity index is 457. The molecule has 1 amide bonds. The topological polar surface area (TPSA) is 41.6 Å². The van der Waals surface area contributed by atoms with Crippen molar-refractivity contribution in [3.8, 4) is 5.75 Å². The van der Waals surface area contributed by atoms with Crippen LogP contribution in [0, 0.1) is 0 Å². The average Bonchev–Trinajstić information content (AvgIpc) is 2.49. The summed E-state index contributed by atoms with van der Waals surface area (Å²) in [6.45, 7) is 2.01. The number of likely N-dealkylation sites (tertiary alicyclic amines) is 1. The van der Waals surface area contributed by atoms with Gasteiger partial charge in [0.2, 0.25) is 5.91 Å². The highest BCUT2D eigenvalue weighted by Gasteiger charge is 2.22. The Morgan fingerprint density at radius 1 is 1.48 bits per heavy atom. The van der Waals surface area contributed by atoms with E-state index in [0.29, 0.717) is 29.8 Å². The normalized spacial score (nSPS) is 18.0. The molecule has 2 rings (SSSR count). The Labute approximate surface area is 137 Å². The molecule has 0 bridgehead atoms. The summed E-state index contributed by atoms with van der Waals surface area (Å²) in [4.78, 5) is 14.0. The van der Waals surface area contributed by atoms with Gasteiger partial charge in [-0.1, -0.05) is 23.7 Å². The van der Waals surface area contributed by atoms with Gasteiger partial charge in [0.15, 0.2) is 0 Å². The number of benzene rings is 1. The van der Waals surface area contributed by atoms with Crippen LogP contribution in [0.25, 0.3) is 0 Å². The molecule has 4 nitrogen and oxygen atoms in total. The molecule has 0 aliphatic carbocycles. The second-order valence-electron chi connectivity index (χ2n) is 5.00. The van der Waals surface area contributed by atoms with Crippen LogP contribution in [0.15, 0.2) is 24.3 Å². The van der Waals surface area contributed by atoms with E-state index >= 15 is 0 Å². The predicted octanol–water partition coefficient (Wildman–Crippen LogP) is 2.74.